The molecule has 5 nitrogen and oxygen atoms in total. The Balaban J connectivity index is 1.57. The van der Waals surface area contributed by atoms with Crippen LogP contribution < -0.4 is 10.1 Å². The third-order valence-electron chi connectivity index (χ3n) is 3.57. The lowest BCUT2D eigenvalue weighted by Crippen LogP contribution is -2.20. The summed E-state index contributed by atoms with van der Waals surface area (Å²) in [7, 11) is 0. The highest BCUT2D eigenvalue weighted by Gasteiger charge is 2.22. The third-order valence-corrected chi connectivity index (χ3v) is 4.44. The van der Waals surface area contributed by atoms with E-state index in [0.29, 0.717) is 6.61 Å². The van der Waals surface area contributed by atoms with Gasteiger partial charge in [-0.15, -0.1) is 10.2 Å². The SMILES string of the molecule is c1ccc(-c2nnc(NC3CCOc4ccccc43)s2)nc1. The summed E-state index contributed by atoms with van der Waals surface area (Å²) in [6.45, 7) is 0.709. The van der Waals surface area contributed by atoms with E-state index >= 15 is 0 Å². The second kappa shape index (κ2) is 5.73. The highest BCUT2D eigenvalue weighted by molar-refractivity contribution is 7.18. The second-order valence-electron chi connectivity index (χ2n) is 5.00. The lowest BCUT2D eigenvalue weighted by atomic mass is 10.0. The molecule has 110 valence electrons. The molecule has 0 amide bonds. The van der Waals surface area contributed by atoms with E-state index in [1.54, 1.807) is 6.20 Å². The Morgan fingerprint density at radius 3 is 2.91 bits per heavy atom. The minimum absolute atomic E-state index is 0.203. The van der Waals surface area contributed by atoms with E-state index in [4.69, 9.17) is 4.74 Å². The van der Waals surface area contributed by atoms with Gasteiger partial charge in [0.2, 0.25) is 5.13 Å². The number of ether oxygens (including phenoxy) is 1. The largest absolute Gasteiger partial charge is 0.493 e. The van der Waals surface area contributed by atoms with Gasteiger partial charge in [-0.1, -0.05) is 35.6 Å². The minimum atomic E-state index is 0.203. The molecule has 1 aromatic carbocycles. The number of benzene rings is 1. The van der Waals surface area contributed by atoms with Crippen LogP contribution in [0, 0.1) is 0 Å². The minimum Gasteiger partial charge on any atom is -0.493 e. The molecule has 3 aromatic rings. The summed E-state index contributed by atoms with van der Waals surface area (Å²) in [4.78, 5) is 4.31. The Morgan fingerprint density at radius 1 is 1.09 bits per heavy atom. The van der Waals surface area contributed by atoms with Gasteiger partial charge in [0.15, 0.2) is 5.01 Å². The molecule has 0 spiro atoms. The summed E-state index contributed by atoms with van der Waals surface area (Å²) in [5, 5.41) is 13.6. The molecule has 0 saturated carbocycles. The zero-order valence-electron chi connectivity index (χ0n) is 11.8. The highest BCUT2D eigenvalue weighted by atomic mass is 32.1. The van der Waals surface area contributed by atoms with Crippen LogP contribution in [0.4, 0.5) is 5.13 Å². The van der Waals surface area contributed by atoms with E-state index in [0.717, 1.165) is 28.0 Å². The second-order valence-corrected chi connectivity index (χ2v) is 5.98. The van der Waals surface area contributed by atoms with Crippen LogP contribution in [0.1, 0.15) is 18.0 Å². The van der Waals surface area contributed by atoms with Gasteiger partial charge in [0.1, 0.15) is 11.4 Å². The first-order valence-corrected chi connectivity index (χ1v) is 7.95. The Bertz CT molecular complexity index is 775. The summed E-state index contributed by atoms with van der Waals surface area (Å²) < 4.78 is 5.68. The van der Waals surface area contributed by atoms with Crippen LogP contribution in [0.3, 0.4) is 0 Å². The fourth-order valence-electron chi connectivity index (χ4n) is 2.52. The van der Waals surface area contributed by atoms with Gasteiger partial charge in [-0.2, -0.15) is 0 Å². The van der Waals surface area contributed by atoms with Crippen LogP contribution in [-0.4, -0.2) is 21.8 Å². The number of anilines is 1. The number of rotatable bonds is 3. The lowest BCUT2D eigenvalue weighted by Gasteiger charge is -2.26. The monoisotopic (exact) mass is 310 g/mol. The molecular formula is C16H14N4OS. The first-order chi connectivity index (χ1) is 10.9. The highest BCUT2D eigenvalue weighted by Crippen LogP contribution is 2.35. The standard InChI is InChI=1S/C16H14N4OS/c1-2-7-14-11(5-1)12(8-10-21-14)18-16-20-19-15(22-16)13-6-3-4-9-17-13/h1-7,9,12H,8,10H2,(H,18,20). The number of nitrogens with one attached hydrogen (secondary N) is 1. The van der Waals surface area contributed by atoms with E-state index in [-0.39, 0.29) is 6.04 Å². The summed E-state index contributed by atoms with van der Waals surface area (Å²) in [5.74, 6) is 0.945. The quantitative estimate of drug-likeness (QED) is 0.802. The molecule has 4 rings (SSSR count). The summed E-state index contributed by atoms with van der Waals surface area (Å²) in [6, 6.07) is 14.1. The van der Waals surface area contributed by atoms with Crippen LogP contribution in [0.2, 0.25) is 0 Å². The molecule has 0 saturated heterocycles. The van der Waals surface area contributed by atoms with Crippen molar-refractivity contribution in [3.8, 4) is 16.5 Å². The third kappa shape index (κ3) is 2.53. The molecule has 3 heterocycles. The summed E-state index contributed by atoms with van der Waals surface area (Å²) >= 11 is 1.52. The van der Waals surface area contributed by atoms with Crippen LogP contribution in [0.5, 0.6) is 5.75 Å². The van der Waals surface area contributed by atoms with Gasteiger partial charge in [0.25, 0.3) is 0 Å². The molecule has 22 heavy (non-hydrogen) atoms. The van der Waals surface area contributed by atoms with E-state index in [1.807, 2.05) is 36.4 Å². The topological polar surface area (TPSA) is 59.9 Å². The first kappa shape index (κ1) is 13.2. The predicted molar refractivity (Wildman–Crippen MR) is 86.1 cm³/mol. The summed E-state index contributed by atoms with van der Waals surface area (Å²) in [5.41, 5.74) is 2.02. The van der Waals surface area contributed by atoms with Crippen molar-refractivity contribution in [2.24, 2.45) is 0 Å². The number of para-hydroxylation sites is 1. The molecule has 0 bridgehead atoms. The van der Waals surface area contributed by atoms with E-state index < -0.39 is 0 Å². The van der Waals surface area contributed by atoms with Crippen molar-refractivity contribution in [1.29, 1.82) is 0 Å². The molecule has 0 radical (unpaired) electrons. The van der Waals surface area contributed by atoms with Gasteiger partial charge >= 0.3 is 0 Å². The van der Waals surface area contributed by atoms with Crippen LogP contribution >= 0.6 is 11.3 Å². The molecule has 1 N–H and O–H groups in total. The fourth-order valence-corrected chi connectivity index (χ4v) is 3.29. The normalized spacial score (nSPS) is 16.6. The molecule has 0 aliphatic carbocycles. The van der Waals surface area contributed by atoms with Gasteiger partial charge in [0.05, 0.1) is 12.6 Å². The van der Waals surface area contributed by atoms with Crippen molar-refractivity contribution in [2.75, 3.05) is 11.9 Å². The molecule has 1 atom stereocenters. The maximum Gasteiger partial charge on any atom is 0.206 e. The first-order valence-electron chi connectivity index (χ1n) is 7.13. The molecule has 1 unspecified atom stereocenters. The number of pyridine rings is 1. The molecular weight excluding hydrogens is 296 g/mol. The zero-order chi connectivity index (χ0) is 14.8. The molecule has 1 aliphatic rings. The van der Waals surface area contributed by atoms with Gasteiger partial charge in [-0.3, -0.25) is 4.98 Å². The number of fused-ring (bicyclic) bond motifs is 1. The average Bonchev–Trinajstić information content (AvgIpc) is 3.05. The van der Waals surface area contributed by atoms with Gasteiger partial charge in [-0.05, 0) is 18.2 Å². The van der Waals surface area contributed by atoms with E-state index in [2.05, 4.69) is 26.6 Å². The maximum atomic E-state index is 5.68. The summed E-state index contributed by atoms with van der Waals surface area (Å²) in [6.07, 6.45) is 2.67. The Labute approximate surface area is 132 Å². The smallest absolute Gasteiger partial charge is 0.206 e. The van der Waals surface area contributed by atoms with E-state index in [1.165, 1.54) is 16.9 Å². The Morgan fingerprint density at radius 2 is 2.00 bits per heavy atom. The zero-order valence-corrected chi connectivity index (χ0v) is 12.6. The van der Waals surface area contributed by atoms with Crippen molar-refractivity contribution >= 4 is 16.5 Å². The van der Waals surface area contributed by atoms with Crippen molar-refractivity contribution in [3.63, 3.8) is 0 Å². The van der Waals surface area contributed by atoms with Crippen molar-refractivity contribution < 1.29 is 4.74 Å². The Hall–Kier alpha value is -2.47. The number of hydrogen-bond acceptors (Lipinski definition) is 6. The predicted octanol–water partition coefficient (Wildman–Crippen LogP) is 3.54. The van der Waals surface area contributed by atoms with Crippen molar-refractivity contribution in [2.45, 2.75) is 12.5 Å². The lowest BCUT2D eigenvalue weighted by molar-refractivity contribution is 0.274. The van der Waals surface area contributed by atoms with Gasteiger partial charge in [-0.25, -0.2) is 0 Å². The van der Waals surface area contributed by atoms with Crippen molar-refractivity contribution in [3.05, 3.63) is 54.2 Å². The van der Waals surface area contributed by atoms with Crippen LogP contribution in [-0.2, 0) is 0 Å². The van der Waals surface area contributed by atoms with Gasteiger partial charge in [0, 0.05) is 18.2 Å². The van der Waals surface area contributed by atoms with E-state index in [9.17, 15) is 0 Å². The molecule has 6 heteroatoms. The molecule has 0 fully saturated rings. The fraction of sp³-hybridized carbons (Fsp3) is 0.188. The maximum absolute atomic E-state index is 5.68. The Kier molecular flexibility index (Phi) is 3.44. The average molecular weight is 310 g/mol. The molecule has 2 aromatic heterocycles. The number of aromatic nitrogens is 3. The number of nitrogens with zero attached hydrogens (tertiary/aromatic N) is 3. The number of hydrogen-bond donors (Lipinski definition) is 1. The van der Waals surface area contributed by atoms with Crippen molar-refractivity contribution in [1.82, 2.24) is 15.2 Å². The van der Waals surface area contributed by atoms with Gasteiger partial charge < -0.3 is 10.1 Å². The molecule has 1 aliphatic heterocycles. The van der Waals surface area contributed by atoms with Crippen LogP contribution in [0.25, 0.3) is 10.7 Å². The van der Waals surface area contributed by atoms with Crippen LogP contribution in [0.15, 0.2) is 48.7 Å².